The number of amides is 1. The summed E-state index contributed by atoms with van der Waals surface area (Å²) in [4.78, 5) is 11.1. The highest BCUT2D eigenvalue weighted by Crippen LogP contribution is 2.18. The first kappa shape index (κ1) is 14.5. The van der Waals surface area contributed by atoms with Crippen molar-refractivity contribution < 1.29 is 13.2 Å². The maximum absolute atomic E-state index is 12.1. The molecule has 0 spiro atoms. The van der Waals surface area contributed by atoms with Crippen LogP contribution >= 0.6 is 0 Å². The van der Waals surface area contributed by atoms with Crippen molar-refractivity contribution in [1.29, 1.82) is 0 Å². The molecular weight excluding hydrogens is 254 g/mol. The minimum absolute atomic E-state index is 0.0584. The minimum atomic E-state index is -3.86. The minimum Gasteiger partial charge on any atom is -0.398 e. The van der Waals surface area contributed by atoms with Crippen LogP contribution < -0.4 is 16.2 Å². The van der Waals surface area contributed by atoms with E-state index in [1.807, 2.05) is 0 Å². The van der Waals surface area contributed by atoms with Crippen LogP contribution in [-0.2, 0) is 14.8 Å². The number of hydrogen-bond acceptors (Lipinski definition) is 4. The molecule has 1 unspecified atom stereocenters. The number of benzene rings is 1. The van der Waals surface area contributed by atoms with Gasteiger partial charge in [0.25, 0.3) is 0 Å². The summed E-state index contributed by atoms with van der Waals surface area (Å²) in [5.74, 6) is -0.967. The number of anilines is 1. The highest BCUT2D eigenvalue weighted by molar-refractivity contribution is 7.89. The smallest absolute Gasteiger partial charge is 0.243 e. The summed E-state index contributed by atoms with van der Waals surface area (Å²) >= 11 is 0. The van der Waals surface area contributed by atoms with Crippen LogP contribution in [0.2, 0.25) is 0 Å². The number of carbonyl (C=O) groups excluding carboxylic acids is 1. The predicted molar refractivity (Wildman–Crippen MR) is 69.0 cm³/mol. The Kier molecular flexibility index (Phi) is 4.31. The van der Waals surface area contributed by atoms with Crippen molar-refractivity contribution in [3.8, 4) is 0 Å². The van der Waals surface area contributed by atoms with Crippen molar-refractivity contribution in [3.63, 3.8) is 0 Å². The van der Waals surface area contributed by atoms with Gasteiger partial charge < -0.3 is 11.5 Å². The van der Waals surface area contributed by atoms with Gasteiger partial charge in [0.1, 0.15) is 10.9 Å². The number of rotatable bonds is 5. The highest BCUT2D eigenvalue weighted by atomic mass is 32.2. The largest absolute Gasteiger partial charge is 0.398 e. The van der Waals surface area contributed by atoms with Crippen molar-refractivity contribution in [2.24, 2.45) is 11.7 Å². The van der Waals surface area contributed by atoms with Crippen LogP contribution in [0, 0.1) is 5.92 Å². The van der Waals surface area contributed by atoms with Gasteiger partial charge in [-0.15, -0.1) is 0 Å². The summed E-state index contributed by atoms with van der Waals surface area (Å²) in [6, 6.07) is 5.07. The Morgan fingerprint density at radius 1 is 1.28 bits per heavy atom. The molecule has 18 heavy (non-hydrogen) atoms. The van der Waals surface area contributed by atoms with Crippen molar-refractivity contribution in [1.82, 2.24) is 4.72 Å². The van der Waals surface area contributed by atoms with Crippen molar-refractivity contribution in [3.05, 3.63) is 24.3 Å². The van der Waals surface area contributed by atoms with E-state index in [0.717, 1.165) is 0 Å². The lowest BCUT2D eigenvalue weighted by atomic mass is 10.1. The van der Waals surface area contributed by atoms with Crippen LogP contribution in [0.5, 0.6) is 0 Å². The number of para-hydroxylation sites is 1. The van der Waals surface area contributed by atoms with Crippen molar-refractivity contribution in [2.45, 2.75) is 24.8 Å². The van der Waals surface area contributed by atoms with Crippen LogP contribution in [0.15, 0.2) is 29.2 Å². The van der Waals surface area contributed by atoms with E-state index in [4.69, 9.17) is 11.5 Å². The molecule has 0 bridgehead atoms. The van der Waals surface area contributed by atoms with E-state index in [9.17, 15) is 13.2 Å². The molecule has 0 heterocycles. The number of primary amides is 1. The standard InChI is InChI=1S/C11H17N3O3S/c1-7(2)10(11(13)15)14-18(16,17)9-6-4-3-5-8(9)12/h3-7,10,14H,12H2,1-2H3,(H2,13,15). The van der Waals surface area contributed by atoms with Gasteiger partial charge >= 0.3 is 0 Å². The van der Waals surface area contributed by atoms with Crippen molar-refractivity contribution >= 4 is 21.6 Å². The number of nitrogens with two attached hydrogens (primary N) is 2. The molecule has 1 rings (SSSR count). The third-order valence-corrected chi connectivity index (χ3v) is 3.98. The molecule has 0 aromatic heterocycles. The third kappa shape index (κ3) is 3.21. The lowest BCUT2D eigenvalue weighted by Gasteiger charge is -2.19. The molecular formula is C11H17N3O3S. The van der Waals surface area contributed by atoms with Gasteiger partial charge in [0.05, 0.1) is 5.69 Å². The quantitative estimate of drug-likeness (QED) is 0.656. The molecule has 0 radical (unpaired) electrons. The number of carbonyl (C=O) groups is 1. The van der Waals surface area contributed by atoms with Gasteiger partial charge in [-0.3, -0.25) is 4.79 Å². The molecule has 1 aromatic carbocycles. The number of sulfonamides is 1. The van der Waals surface area contributed by atoms with Crippen LogP contribution in [-0.4, -0.2) is 20.4 Å². The summed E-state index contributed by atoms with van der Waals surface area (Å²) in [5, 5.41) is 0. The molecule has 0 fully saturated rings. The molecule has 100 valence electrons. The third-order valence-electron chi connectivity index (χ3n) is 2.46. The van der Waals surface area contributed by atoms with E-state index < -0.39 is 22.0 Å². The summed E-state index contributed by atoms with van der Waals surface area (Å²) in [6.45, 7) is 3.40. The second-order valence-electron chi connectivity index (χ2n) is 4.28. The number of nitrogens with one attached hydrogen (secondary N) is 1. The fraction of sp³-hybridized carbons (Fsp3) is 0.364. The molecule has 0 aliphatic carbocycles. The number of nitrogen functional groups attached to an aromatic ring is 1. The lowest BCUT2D eigenvalue weighted by Crippen LogP contribution is -2.47. The molecule has 6 nitrogen and oxygen atoms in total. The van der Waals surface area contributed by atoms with E-state index in [-0.39, 0.29) is 16.5 Å². The first-order valence-corrected chi connectivity index (χ1v) is 6.90. The van der Waals surface area contributed by atoms with E-state index in [1.54, 1.807) is 26.0 Å². The van der Waals surface area contributed by atoms with E-state index >= 15 is 0 Å². The van der Waals surface area contributed by atoms with E-state index in [0.29, 0.717) is 0 Å². The van der Waals surface area contributed by atoms with E-state index in [1.165, 1.54) is 12.1 Å². The summed E-state index contributed by atoms with van der Waals surface area (Å²) in [5.41, 5.74) is 10.9. The summed E-state index contributed by atoms with van der Waals surface area (Å²) in [7, 11) is -3.86. The van der Waals surface area contributed by atoms with Crippen LogP contribution in [0.25, 0.3) is 0 Å². The molecule has 7 heteroatoms. The summed E-state index contributed by atoms with van der Waals surface area (Å²) in [6.07, 6.45) is 0. The van der Waals surface area contributed by atoms with Crippen molar-refractivity contribution in [2.75, 3.05) is 5.73 Å². The second kappa shape index (κ2) is 5.36. The van der Waals surface area contributed by atoms with E-state index in [2.05, 4.69) is 4.72 Å². The Morgan fingerprint density at radius 2 is 1.83 bits per heavy atom. The first-order valence-electron chi connectivity index (χ1n) is 5.42. The average Bonchev–Trinajstić information content (AvgIpc) is 2.25. The maximum Gasteiger partial charge on any atom is 0.243 e. The van der Waals surface area contributed by atoms with Crippen LogP contribution in [0.3, 0.4) is 0 Å². The zero-order valence-corrected chi connectivity index (χ0v) is 11.1. The lowest BCUT2D eigenvalue weighted by molar-refractivity contribution is -0.120. The zero-order valence-electron chi connectivity index (χ0n) is 10.3. The number of hydrogen-bond donors (Lipinski definition) is 3. The molecule has 1 amide bonds. The fourth-order valence-electron chi connectivity index (χ4n) is 1.48. The van der Waals surface area contributed by atoms with Crippen LogP contribution in [0.4, 0.5) is 5.69 Å². The van der Waals surface area contributed by atoms with Gasteiger partial charge in [0.2, 0.25) is 15.9 Å². The maximum atomic E-state index is 12.1. The molecule has 5 N–H and O–H groups in total. The predicted octanol–water partition coefficient (Wildman–Crippen LogP) is 0.0570. The topological polar surface area (TPSA) is 115 Å². The monoisotopic (exact) mass is 271 g/mol. The van der Waals surface area contributed by atoms with Gasteiger partial charge in [0, 0.05) is 0 Å². The van der Waals surface area contributed by atoms with Gasteiger partial charge in [0.15, 0.2) is 0 Å². The molecule has 0 aliphatic rings. The Labute approximate surface area is 106 Å². The van der Waals surface area contributed by atoms with Gasteiger partial charge in [-0.2, -0.15) is 4.72 Å². The summed E-state index contributed by atoms with van der Waals surface area (Å²) < 4.78 is 26.4. The Morgan fingerprint density at radius 3 is 2.28 bits per heavy atom. The zero-order chi connectivity index (χ0) is 13.9. The first-order chi connectivity index (χ1) is 8.25. The average molecular weight is 271 g/mol. The normalized spacial score (nSPS) is 13.5. The Hall–Kier alpha value is -1.60. The SMILES string of the molecule is CC(C)C(NS(=O)(=O)c1ccccc1N)C(N)=O. The van der Waals surface area contributed by atoms with Crippen LogP contribution in [0.1, 0.15) is 13.8 Å². The van der Waals surface area contributed by atoms with Gasteiger partial charge in [-0.25, -0.2) is 8.42 Å². The second-order valence-corrected chi connectivity index (χ2v) is 5.97. The Bertz CT molecular complexity index is 540. The van der Waals surface area contributed by atoms with Gasteiger partial charge in [-0.05, 0) is 18.1 Å². The fourth-order valence-corrected chi connectivity index (χ4v) is 2.96. The Balaban J connectivity index is 3.09. The molecule has 0 saturated heterocycles. The highest BCUT2D eigenvalue weighted by Gasteiger charge is 2.27. The molecule has 0 aliphatic heterocycles. The molecule has 1 aromatic rings. The molecule has 1 atom stereocenters. The molecule has 0 saturated carbocycles. The van der Waals surface area contributed by atoms with Gasteiger partial charge in [-0.1, -0.05) is 26.0 Å².